The smallest absolute Gasteiger partial charge is 0.226 e. The summed E-state index contributed by atoms with van der Waals surface area (Å²) in [7, 11) is 0. The Labute approximate surface area is 156 Å². The van der Waals surface area contributed by atoms with Gasteiger partial charge in [0.15, 0.2) is 5.16 Å². The summed E-state index contributed by atoms with van der Waals surface area (Å²) in [6.07, 6.45) is 6.76. The predicted octanol–water partition coefficient (Wildman–Crippen LogP) is 5.70. The minimum atomic E-state index is -0.263. The molecule has 0 atom stereocenters. The Hall–Kier alpha value is -2.08. The number of oxazole rings is 1. The molecule has 1 aliphatic carbocycles. The summed E-state index contributed by atoms with van der Waals surface area (Å²) in [6, 6.07) is 6.76. The average molecular weight is 371 g/mol. The SMILES string of the molecule is Cc1nc(SCc2coc(-c3ccc(F)cc3)n2)n(C2CCCC2)c1C. The fourth-order valence-corrected chi connectivity index (χ4v) is 4.56. The van der Waals surface area contributed by atoms with E-state index in [1.165, 1.54) is 43.5 Å². The van der Waals surface area contributed by atoms with Gasteiger partial charge < -0.3 is 8.98 Å². The molecule has 0 spiro atoms. The Morgan fingerprint density at radius 1 is 1.15 bits per heavy atom. The highest BCUT2D eigenvalue weighted by Crippen LogP contribution is 2.36. The summed E-state index contributed by atoms with van der Waals surface area (Å²) in [5, 5.41) is 1.07. The minimum absolute atomic E-state index is 0.263. The summed E-state index contributed by atoms with van der Waals surface area (Å²) in [5.74, 6) is 0.959. The lowest BCUT2D eigenvalue weighted by atomic mass is 10.2. The zero-order chi connectivity index (χ0) is 18.1. The van der Waals surface area contributed by atoms with Crippen LogP contribution in [0.4, 0.5) is 4.39 Å². The van der Waals surface area contributed by atoms with Crippen LogP contribution in [-0.4, -0.2) is 14.5 Å². The molecule has 0 aliphatic heterocycles. The van der Waals surface area contributed by atoms with Crippen molar-refractivity contribution in [2.24, 2.45) is 0 Å². The summed E-state index contributed by atoms with van der Waals surface area (Å²) in [4.78, 5) is 9.31. The van der Waals surface area contributed by atoms with E-state index in [2.05, 4.69) is 23.4 Å². The first-order valence-corrected chi connectivity index (χ1v) is 9.99. The first-order valence-electron chi connectivity index (χ1n) is 9.00. The van der Waals surface area contributed by atoms with Crippen molar-refractivity contribution in [2.45, 2.75) is 56.5 Å². The number of benzene rings is 1. The lowest BCUT2D eigenvalue weighted by Crippen LogP contribution is -2.08. The fraction of sp³-hybridized carbons (Fsp3) is 0.400. The van der Waals surface area contributed by atoms with Gasteiger partial charge in [-0.15, -0.1) is 0 Å². The lowest BCUT2D eigenvalue weighted by molar-refractivity contribution is 0.471. The van der Waals surface area contributed by atoms with Gasteiger partial charge in [-0.2, -0.15) is 0 Å². The first-order chi connectivity index (χ1) is 12.6. The van der Waals surface area contributed by atoms with Crippen LogP contribution in [0.15, 0.2) is 40.1 Å². The van der Waals surface area contributed by atoms with E-state index >= 15 is 0 Å². The minimum Gasteiger partial charge on any atom is -0.444 e. The lowest BCUT2D eigenvalue weighted by Gasteiger charge is -2.16. The molecule has 0 radical (unpaired) electrons. The molecule has 0 N–H and O–H groups in total. The summed E-state index contributed by atoms with van der Waals surface area (Å²) < 4.78 is 21.0. The van der Waals surface area contributed by atoms with Gasteiger partial charge in [0.2, 0.25) is 5.89 Å². The largest absolute Gasteiger partial charge is 0.444 e. The molecule has 2 aromatic heterocycles. The molecule has 26 heavy (non-hydrogen) atoms. The molecule has 4 rings (SSSR count). The number of rotatable bonds is 5. The van der Waals surface area contributed by atoms with Gasteiger partial charge in [-0.25, -0.2) is 14.4 Å². The molecule has 2 heterocycles. The van der Waals surface area contributed by atoms with Gasteiger partial charge in [0.1, 0.15) is 12.1 Å². The molecule has 0 bridgehead atoms. The van der Waals surface area contributed by atoms with Crippen molar-refractivity contribution in [1.82, 2.24) is 14.5 Å². The molecule has 4 nitrogen and oxygen atoms in total. The van der Waals surface area contributed by atoms with E-state index in [4.69, 9.17) is 9.40 Å². The summed E-state index contributed by atoms with van der Waals surface area (Å²) in [5.41, 5.74) is 4.02. The molecule has 6 heteroatoms. The van der Waals surface area contributed by atoms with Crippen LogP contribution >= 0.6 is 11.8 Å². The molecule has 0 saturated heterocycles. The van der Waals surface area contributed by atoms with E-state index in [1.54, 1.807) is 30.2 Å². The third kappa shape index (κ3) is 3.43. The Morgan fingerprint density at radius 3 is 2.62 bits per heavy atom. The van der Waals surface area contributed by atoms with Crippen LogP contribution in [0.2, 0.25) is 0 Å². The van der Waals surface area contributed by atoms with Crippen molar-refractivity contribution in [3.8, 4) is 11.5 Å². The van der Waals surface area contributed by atoms with E-state index in [-0.39, 0.29) is 5.82 Å². The standard InChI is InChI=1S/C20H22FN3OS/c1-13-14(2)24(18-5-3-4-6-18)20(22-13)26-12-17-11-25-19(23-17)15-7-9-16(21)10-8-15/h7-11,18H,3-6,12H2,1-2H3. The van der Waals surface area contributed by atoms with Gasteiger partial charge in [0.05, 0.1) is 11.4 Å². The van der Waals surface area contributed by atoms with Crippen molar-refractivity contribution < 1.29 is 8.81 Å². The topological polar surface area (TPSA) is 43.9 Å². The Morgan fingerprint density at radius 2 is 1.88 bits per heavy atom. The molecule has 136 valence electrons. The number of halogens is 1. The number of aryl methyl sites for hydroxylation is 1. The van der Waals surface area contributed by atoms with Crippen LogP contribution in [0.3, 0.4) is 0 Å². The van der Waals surface area contributed by atoms with E-state index in [0.717, 1.165) is 22.1 Å². The van der Waals surface area contributed by atoms with Crippen LogP contribution in [0, 0.1) is 19.7 Å². The quantitative estimate of drug-likeness (QED) is 0.540. The highest BCUT2D eigenvalue weighted by Gasteiger charge is 2.23. The second-order valence-electron chi connectivity index (χ2n) is 6.81. The highest BCUT2D eigenvalue weighted by atomic mass is 32.2. The molecule has 1 aromatic carbocycles. The molecule has 1 fully saturated rings. The number of imidazole rings is 1. The third-order valence-electron chi connectivity index (χ3n) is 5.04. The van der Waals surface area contributed by atoms with E-state index in [1.807, 2.05) is 0 Å². The zero-order valence-corrected chi connectivity index (χ0v) is 15.9. The monoisotopic (exact) mass is 371 g/mol. The van der Waals surface area contributed by atoms with E-state index in [9.17, 15) is 4.39 Å². The zero-order valence-electron chi connectivity index (χ0n) is 15.0. The number of thioether (sulfide) groups is 1. The maximum absolute atomic E-state index is 13.1. The molecule has 0 unspecified atom stereocenters. The van der Waals surface area contributed by atoms with Gasteiger partial charge in [0.25, 0.3) is 0 Å². The van der Waals surface area contributed by atoms with Crippen molar-refractivity contribution in [3.05, 3.63) is 53.4 Å². The second-order valence-corrected chi connectivity index (χ2v) is 7.76. The molecular weight excluding hydrogens is 349 g/mol. The van der Waals surface area contributed by atoms with Crippen molar-refractivity contribution >= 4 is 11.8 Å². The molecular formula is C20H22FN3OS. The third-order valence-corrected chi connectivity index (χ3v) is 6.02. The Bertz CT molecular complexity index is 894. The maximum Gasteiger partial charge on any atom is 0.226 e. The van der Waals surface area contributed by atoms with Crippen LogP contribution < -0.4 is 0 Å². The first kappa shape index (κ1) is 17.3. The van der Waals surface area contributed by atoms with Crippen LogP contribution in [-0.2, 0) is 5.75 Å². The van der Waals surface area contributed by atoms with Crippen molar-refractivity contribution in [3.63, 3.8) is 0 Å². The summed E-state index contributed by atoms with van der Waals surface area (Å²) in [6.45, 7) is 4.24. The number of hydrogen-bond acceptors (Lipinski definition) is 4. The second kappa shape index (κ2) is 7.27. The van der Waals surface area contributed by atoms with Gasteiger partial charge in [-0.1, -0.05) is 24.6 Å². The molecule has 1 aliphatic rings. The van der Waals surface area contributed by atoms with Gasteiger partial charge >= 0.3 is 0 Å². The fourth-order valence-electron chi connectivity index (χ4n) is 3.53. The van der Waals surface area contributed by atoms with Crippen molar-refractivity contribution in [2.75, 3.05) is 0 Å². The van der Waals surface area contributed by atoms with Gasteiger partial charge in [-0.05, 0) is 51.0 Å². The van der Waals surface area contributed by atoms with Crippen molar-refractivity contribution in [1.29, 1.82) is 0 Å². The van der Waals surface area contributed by atoms with Crippen LogP contribution in [0.5, 0.6) is 0 Å². The molecule has 3 aromatic rings. The van der Waals surface area contributed by atoms with Gasteiger partial charge in [-0.3, -0.25) is 0 Å². The maximum atomic E-state index is 13.1. The van der Waals surface area contributed by atoms with E-state index < -0.39 is 0 Å². The summed E-state index contributed by atoms with van der Waals surface area (Å²) >= 11 is 1.70. The van der Waals surface area contributed by atoms with E-state index in [0.29, 0.717) is 17.7 Å². The highest BCUT2D eigenvalue weighted by molar-refractivity contribution is 7.98. The number of aromatic nitrogens is 3. The van der Waals surface area contributed by atoms with Crippen LogP contribution in [0.1, 0.15) is 48.8 Å². The predicted molar refractivity (Wildman–Crippen MR) is 101 cm³/mol. The van der Waals surface area contributed by atoms with Crippen LogP contribution in [0.25, 0.3) is 11.5 Å². The normalized spacial score (nSPS) is 15.0. The van der Waals surface area contributed by atoms with Gasteiger partial charge in [0, 0.05) is 23.1 Å². The number of nitrogens with zero attached hydrogens (tertiary/aromatic N) is 3. The number of hydrogen-bond donors (Lipinski definition) is 0. The Kier molecular flexibility index (Phi) is 4.85. The Balaban J connectivity index is 1.50. The average Bonchev–Trinajstić information content (AvgIpc) is 3.36. The molecule has 1 saturated carbocycles. The molecule has 0 amide bonds.